The number of carbonyl (C=O) groups excluding carboxylic acids is 2. The van der Waals surface area contributed by atoms with Gasteiger partial charge in [0.25, 0.3) is 0 Å². The number of carbonyl (C=O) groups is 2. The highest BCUT2D eigenvalue weighted by molar-refractivity contribution is 5.80. The van der Waals surface area contributed by atoms with Crippen molar-refractivity contribution in [3.63, 3.8) is 0 Å². The summed E-state index contributed by atoms with van der Waals surface area (Å²) in [6.07, 6.45) is 10.9. The molecule has 0 aromatic carbocycles. The summed E-state index contributed by atoms with van der Waals surface area (Å²) in [6, 6.07) is 0.245. The molecule has 5 nitrogen and oxygen atoms in total. The zero-order valence-corrected chi connectivity index (χ0v) is 16.1. The van der Waals surface area contributed by atoms with Crippen LogP contribution in [0.5, 0.6) is 0 Å². The SMILES string of the molecule is CCC(CC)(CN)NC(=O)C1CCC(NC(=O)CC2CCCC2)CC1. The van der Waals surface area contributed by atoms with Gasteiger partial charge in [0.15, 0.2) is 0 Å². The van der Waals surface area contributed by atoms with Gasteiger partial charge >= 0.3 is 0 Å². The first-order valence-electron chi connectivity index (χ1n) is 10.3. The largest absolute Gasteiger partial charge is 0.353 e. The fourth-order valence-corrected chi connectivity index (χ4v) is 4.39. The summed E-state index contributed by atoms with van der Waals surface area (Å²) in [5.74, 6) is 1.00. The second-order valence-electron chi connectivity index (χ2n) is 8.15. The molecular formula is C20H37N3O2. The van der Waals surface area contributed by atoms with Crippen LogP contribution in [0.2, 0.25) is 0 Å². The smallest absolute Gasteiger partial charge is 0.223 e. The van der Waals surface area contributed by atoms with Gasteiger partial charge in [0, 0.05) is 24.9 Å². The third kappa shape index (κ3) is 5.70. The van der Waals surface area contributed by atoms with E-state index in [0.29, 0.717) is 18.9 Å². The number of nitrogens with two attached hydrogens (primary N) is 1. The van der Waals surface area contributed by atoms with Crippen LogP contribution in [0.3, 0.4) is 0 Å². The molecule has 0 aromatic heterocycles. The first-order chi connectivity index (χ1) is 12.0. The molecule has 0 atom stereocenters. The van der Waals surface area contributed by atoms with Crippen molar-refractivity contribution in [2.24, 2.45) is 17.6 Å². The van der Waals surface area contributed by atoms with Crippen molar-refractivity contribution >= 4 is 11.8 Å². The lowest BCUT2D eigenvalue weighted by Crippen LogP contribution is -2.55. The first-order valence-corrected chi connectivity index (χ1v) is 10.3. The number of amides is 2. The topological polar surface area (TPSA) is 84.2 Å². The lowest BCUT2D eigenvalue weighted by molar-refractivity contribution is -0.128. The van der Waals surface area contributed by atoms with Gasteiger partial charge in [-0.3, -0.25) is 9.59 Å². The Balaban J connectivity index is 1.73. The number of hydrogen-bond donors (Lipinski definition) is 3. The molecule has 2 rings (SSSR count). The second kappa shape index (κ2) is 9.56. The van der Waals surface area contributed by atoms with Crippen LogP contribution in [-0.4, -0.2) is 29.9 Å². The summed E-state index contributed by atoms with van der Waals surface area (Å²) in [6.45, 7) is 4.64. The van der Waals surface area contributed by atoms with Gasteiger partial charge in [0.2, 0.25) is 11.8 Å². The Morgan fingerprint density at radius 3 is 2.12 bits per heavy atom. The highest BCUT2D eigenvalue weighted by Gasteiger charge is 2.32. The summed E-state index contributed by atoms with van der Waals surface area (Å²) < 4.78 is 0. The van der Waals surface area contributed by atoms with Gasteiger partial charge in [-0.25, -0.2) is 0 Å². The highest BCUT2D eigenvalue weighted by atomic mass is 16.2. The number of nitrogens with one attached hydrogen (secondary N) is 2. The zero-order valence-electron chi connectivity index (χ0n) is 16.1. The van der Waals surface area contributed by atoms with Gasteiger partial charge in [0.1, 0.15) is 0 Å². The van der Waals surface area contributed by atoms with Crippen LogP contribution in [0.1, 0.15) is 84.5 Å². The van der Waals surface area contributed by atoms with E-state index in [1.54, 1.807) is 0 Å². The van der Waals surface area contributed by atoms with E-state index in [0.717, 1.165) is 38.5 Å². The fourth-order valence-electron chi connectivity index (χ4n) is 4.39. The molecule has 2 aliphatic rings. The van der Waals surface area contributed by atoms with Crippen molar-refractivity contribution in [3.8, 4) is 0 Å². The minimum Gasteiger partial charge on any atom is -0.353 e. The van der Waals surface area contributed by atoms with Crippen molar-refractivity contribution < 1.29 is 9.59 Å². The van der Waals surface area contributed by atoms with E-state index in [4.69, 9.17) is 5.73 Å². The van der Waals surface area contributed by atoms with Crippen LogP contribution in [0.25, 0.3) is 0 Å². The van der Waals surface area contributed by atoms with Gasteiger partial charge in [-0.1, -0.05) is 26.7 Å². The van der Waals surface area contributed by atoms with Crippen LogP contribution >= 0.6 is 0 Å². The Kier molecular flexibility index (Phi) is 7.73. The average Bonchev–Trinajstić information content (AvgIpc) is 3.13. The maximum Gasteiger partial charge on any atom is 0.223 e. The molecule has 25 heavy (non-hydrogen) atoms. The lowest BCUT2D eigenvalue weighted by Gasteiger charge is -2.35. The predicted molar refractivity (Wildman–Crippen MR) is 101 cm³/mol. The zero-order chi connectivity index (χ0) is 18.3. The molecule has 2 amide bonds. The molecule has 0 spiro atoms. The molecule has 2 aliphatic carbocycles. The Morgan fingerprint density at radius 2 is 1.60 bits per heavy atom. The molecule has 0 heterocycles. The van der Waals surface area contributed by atoms with Crippen molar-refractivity contribution in [3.05, 3.63) is 0 Å². The summed E-state index contributed by atoms with van der Waals surface area (Å²) in [5.41, 5.74) is 5.63. The van der Waals surface area contributed by atoms with Crippen LogP contribution in [-0.2, 0) is 9.59 Å². The molecule has 0 aromatic rings. The quantitative estimate of drug-likeness (QED) is 0.629. The van der Waals surface area contributed by atoms with E-state index in [9.17, 15) is 9.59 Å². The Bertz CT molecular complexity index is 426. The van der Waals surface area contributed by atoms with Gasteiger partial charge in [-0.05, 0) is 57.3 Å². The Labute approximate surface area is 152 Å². The van der Waals surface area contributed by atoms with E-state index < -0.39 is 0 Å². The molecule has 2 saturated carbocycles. The molecule has 0 saturated heterocycles. The molecule has 0 aliphatic heterocycles. The summed E-state index contributed by atoms with van der Waals surface area (Å²) in [5, 5.41) is 6.40. The minimum atomic E-state index is -0.260. The highest BCUT2D eigenvalue weighted by Crippen LogP contribution is 2.29. The number of hydrogen-bond acceptors (Lipinski definition) is 3. The standard InChI is InChI=1S/C20H37N3O2/c1-3-20(4-2,14-21)23-19(25)16-9-11-17(12-10-16)22-18(24)13-15-7-5-6-8-15/h15-17H,3-14,21H2,1-2H3,(H,22,24)(H,23,25). The van der Waals surface area contributed by atoms with Crippen LogP contribution in [0.4, 0.5) is 0 Å². The lowest BCUT2D eigenvalue weighted by atomic mass is 9.84. The molecule has 4 N–H and O–H groups in total. The molecule has 5 heteroatoms. The van der Waals surface area contributed by atoms with E-state index in [1.807, 2.05) is 0 Å². The maximum absolute atomic E-state index is 12.6. The number of rotatable bonds is 8. The predicted octanol–water partition coefficient (Wildman–Crippen LogP) is 2.88. The first kappa shape index (κ1) is 20.2. The molecular weight excluding hydrogens is 314 g/mol. The molecule has 0 bridgehead atoms. The van der Waals surface area contributed by atoms with Crippen molar-refractivity contribution in [1.82, 2.24) is 10.6 Å². The van der Waals surface area contributed by atoms with E-state index in [1.165, 1.54) is 25.7 Å². The normalized spacial score (nSPS) is 24.9. The van der Waals surface area contributed by atoms with Crippen molar-refractivity contribution in [2.75, 3.05) is 6.54 Å². The van der Waals surface area contributed by atoms with Crippen molar-refractivity contribution in [2.45, 2.75) is 96.1 Å². The van der Waals surface area contributed by atoms with E-state index in [2.05, 4.69) is 24.5 Å². The second-order valence-corrected chi connectivity index (χ2v) is 8.15. The van der Waals surface area contributed by atoms with Gasteiger partial charge in [-0.15, -0.1) is 0 Å². The third-order valence-corrected chi connectivity index (χ3v) is 6.54. The molecule has 2 fully saturated rings. The van der Waals surface area contributed by atoms with E-state index in [-0.39, 0.29) is 29.3 Å². The van der Waals surface area contributed by atoms with Crippen molar-refractivity contribution in [1.29, 1.82) is 0 Å². The third-order valence-electron chi connectivity index (χ3n) is 6.54. The minimum absolute atomic E-state index is 0.0620. The van der Waals surface area contributed by atoms with E-state index >= 15 is 0 Å². The fraction of sp³-hybridized carbons (Fsp3) is 0.900. The Hall–Kier alpha value is -1.10. The van der Waals surface area contributed by atoms with Crippen LogP contribution < -0.4 is 16.4 Å². The molecule has 144 valence electrons. The Morgan fingerprint density at radius 1 is 1.00 bits per heavy atom. The van der Waals surface area contributed by atoms with Crippen LogP contribution in [0, 0.1) is 11.8 Å². The maximum atomic E-state index is 12.6. The summed E-state index contributed by atoms with van der Waals surface area (Å²) in [4.78, 5) is 24.8. The summed E-state index contributed by atoms with van der Waals surface area (Å²) >= 11 is 0. The molecule has 0 radical (unpaired) electrons. The van der Waals surface area contributed by atoms with Gasteiger partial charge in [0.05, 0.1) is 5.54 Å². The van der Waals surface area contributed by atoms with Gasteiger partial charge in [-0.2, -0.15) is 0 Å². The van der Waals surface area contributed by atoms with Crippen LogP contribution in [0.15, 0.2) is 0 Å². The van der Waals surface area contributed by atoms with Gasteiger partial charge < -0.3 is 16.4 Å². The average molecular weight is 352 g/mol. The molecule has 0 unspecified atom stereocenters. The summed E-state index contributed by atoms with van der Waals surface area (Å²) in [7, 11) is 0. The monoisotopic (exact) mass is 351 g/mol.